The lowest BCUT2D eigenvalue weighted by molar-refractivity contribution is -0.152. The Labute approximate surface area is 193 Å². The molecule has 0 spiro atoms. The van der Waals surface area contributed by atoms with Crippen LogP contribution in [0.2, 0.25) is 0 Å². The van der Waals surface area contributed by atoms with E-state index in [0.717, 1.165) is 18.4 Å². The molecule has 1 saturated carbocycles. The first-order chi connectivity index (χ1) is 15.5. The molecule has 0 N–H and O–H groups in total. The van der Waals surface area contributed by atoms with Crippen molar-refractivity contribution in [3.63, 3.8) is 0 Å². The molecular formula is C25H31N3O3S. The Morgan fingerprint density at radius 2 is 2.00 bits per heavy atom. The maximum atomic E-state index is 12.7. The van der Waals surface area contributed by atoms with Crippen molar-refractivity contribution in [2.75, 3.05) is 5.75 Å². The predicted molar refractivity (Wildman–Crippen MR) is 125 cm³/mol. The van der Waals surface area contributed by atoms with Gasteiger partial charge in [-0.3, -0.25) is 9.36 Å². The molecule has 0 radical (unpaired) electrons. The van der Waals surface area contributed by atoms with E-state index < -0.39 is 0 Å². The third-order valence-corrected chi connectivity index (χ3v) is 7.15. The molecule has 3 atom stereocenters. The molecule has 2 aromatic heterocycles. The van der Waals surface area contributed by atoms with Gasteiger partial charge in [0.2, 0.25) is 5.82 Å². The monoisotopic (exact) mass is 453 g/mol. The number of rotatable bonds is 8. The average Bonchev–Trinajstić information content (AvgIpc) is 3.43. The maximum absolute atomic E-state index is 12.7. The van der Waals surface area contributed by atoms with Gasteiger partial charge in [-0.15, -0.1) is 10.2 Å². The van der Waals surface area contributed by atoms with Crippen LogP contribution in [0.3, 0.4) is 0 Å². The van der Waals surface area contributed by atoms with Crippen LogP contribution in [-0.2, 0) is 16.1 Å². The Kier molecular flexibility index (Phi) is 7.35. The van der Waals surface area contributed by atoms with Gasteiger partial charge in [0.25, 0.3) is 0 Å². The molecule has 0 aliphatic heterocycles. The lowest BCUT2D eigenvalue weighted by Crippen LogP contribution is -2.36. The van der Waals surface area contributed by atoms with E-state index in [9.17, 15) is 4.79 Å². The molecule has 4 rings (SSSR count). The third-order valence-electron chi connectivity index (χ3n) is 6.21. The summed E-state index contributed by atoms with van der Waals surface area (Å²) in [6.07, 6.45) is 4.92. The summed E-state index contributed by atoms with van der Waals surface area (Å²) in [7, 11) is 0. The smallest absolute Gasteiger partial charge is 0.316 e. The van der Waals surface area contributed by atoms with Crippen LogP contribution in [0.15, 0.2) is 58.3 Å². The van der Waals surface area contributed by atoms with Crippen molar-refractivity contribution >= 4 is 17.7 Å². The summed E-state index contributed by atoms with van der Waals surface area (Å²) >= 11 is 1.36. The number of furan rings is 1. The summed E-state index contributed by atoms with van der Waals surface area (Å²) < 4.78 is 13.5. The van der Waals surface area contributed by atoms with Crippen LogP contribution >= 0.6 is 11.8 Å². The van der Waals surface area contributed by atoms with E-state index in [1.807, 2.05) is 34.9 Å². The lowest BCUT2D eigenvalue weighted by Gasteiger charge is -2.36. The van der Waals surface area contributed by atoms with Crippen molar-refractivity contribution in [2.24, 2.45) is 17.8 Å². The standard InChI is InChI=1S/C25H31N3O3S/c1-17(2)20-12-11-18(3)14-22(20)31-23(29)16-32-25-27-26-24(21-10-7-13-30-21)28(25)15-19-8-5-4-6-9-19/h4-10,13,17-18,20,22H,11-12,14-16H2,1-3H3/t18-,20-,22+/m1/s1. The summed E-state index contributed by atoms with van der Waals surface area (Å²) in [4.78, 5) is 12.7. The van der Waals surface area contributed by atoms with Crippen molar-refractivity contribution in [3.8, 4) is 11.6 Å². The number of esters is 1. The number of ether oxygens (including phenoxy) is 1. The number of nitrogens with zero attached hydrogens (tertiary/aromatic N) is 3. The van der Waals surface area contributed by atoms with Crippen molar-refractivity contribution in [1.29, 1.82) is 0 Å². The highest BCUT2D eigenvalue weighted by molar-refractivity contribution is 7.99. The van der Waals surface area contributed by atoms with Gasteiger partial charge in [0.1, 0.15) is 6.10 Å². The van der Waals surface area contributed by atoms with Gasteiger partial charge in [-0.1, -0.05) is 69.3 Å². The van der Waals surface area contributed by atoms with Gasteiger partial charge in [0, 0.05) is 0 Å². The first-order valence-corrected chi connectivity index (χ1v) is 12.3. The van der Waals surface area contributed by atoms with Crippen LogP contribution in [0.4, 0.5) is 0 Å². The van der Waals surface area contributed by atoms with E-state index in [2.05, 4.69) is 43.1 Å². The topological polar surface area (TPSA) is 70.2 Å². The van der Waals surface area contributed by atoms with Crippen molar-refractivity contribution in [2.45, 2.75) is 57.8 Å². The number of carbonyl (C=O) groups is 1. The van der Waals surface area contributed by atoms with Crippen LogP contribution in [0.5, 0.6) is 0 Å². The quantitative estimate of drug-likeness (QED) is 0.323. The zero-order valence-corrected chi connectivity index (χ0v) is 19.8. The molecule has 170 valence electrons. The number of hydrogen-bond acceptors (Lipinski definition) is 6. The fraction of sp³-hybridized carbons (Fsp3) is 0.480. The first-order valence-electron chi connectivity index (χ1n) is 11.3. The molecule has 0 bridgehead atoms. The van der Waals surface area contributed by atoms with E-state index in [0.29, 0.717) is 41.0 Å². The van der Waals surface area contributed by atoms with Gasteiger partial charge in [-0.25, -0.2) is 0 Å². The Bertz CT molecular complexity index is 1000. The minimum Gasteiger partial charge on any atom is -0.461 e. The highest BCUT2D eigenvalue weighted by atomic mass is 32.2. The second-order valence-electron chi connectivity index (χ2n) is 9.00. The fourth-order valence-corrected chi connectivity index (χ4v) is 5.19. The molecule has 7 heteroatoms. The van der Waals surface area contributed by atoms with Crippen molar-refractivity contribution in [3.05, 3.63) is 54.3 Å². The SMILES string of the molecule is CC(C)[C@H]1CC[C@@H](C)C[C@@H]1OC(=O)CSc1nnc(-c2ccco2)n1Cc1ccccc1. The van der Waals surface area contributed by atoms with E-state index >= 15 is 0 Å². The van der Waals surface area contributed by atoms with Crippen LogP contribution < -0.4 is 0 Å². The summed E-state index contributed by atoms with van der Waals surface area (Å²) in [5.41, 5.74) is 1.13. The molecule has 0 saturated heterocycles. The molecule has 0 amide bonds. The van der Waals surface area contributed by atoms with Crippen molar-refractivity contribution < 1.29 is 13.9 Å². The van der Waals surface area contributed by atoms with Crippen LogP contribution in [-0.4, -0.2) is 32.6 Å². The molecule has 1 aliphatic rings. The Balaban J connectivity index is 1.46. The average molecular weight is 454 g/mol. The molecule has 1 fully saturated rings. The second-order valence-corrected chi connectivity index (χ2v) is 9.94. The summed E-state index contributed by atoms with van der Waals surface area (Å²) in [6.45, 7) is 7.28. The van der Waals surface area contributed by atoms with Crippen LogP contribution in [0.1, 0.15) is 45.6 Å². The Hall–Kier alpha value is -2.54. The van der Waals surface area contributed by atoms with Gasteiger partial charge in [-0.2, -0.15) is 0 Å². The number of hydrogen-bond donors (Lipinski definition) is 0. The predicted octanol–water partition coefficient (Wildman–Crippen LogP) is 5.68. The molecule has 1 aromatic carbocycles. The summed E-state index contributed by atoms with van der Waals surface area (Å²) in [5.74, 6) is 2.87. The number of carbonyl (C=O) groups excluding carboxylic acids is 1. The maximum Gasteiger partial charge on any atom is 0.316 e. The molecule has 6 nitrogen and oxygen atoms in total. The van der Waals surface area contributed by atoms with Crippen LogP contribution in [0, 0.1) is 17.8 Å². The fourth-order valence-electron chi connectivity index (χ4n) is 4.47. The zero-order valence-electron chi connectivity index (χ0n) is 18.9. The highest BCUT2D eigenvalue weighted by Crippen LogP contribution is 2.35. The number of thioether (sulfide) groups is 1. The van der Waals surface area contributed by atoms with E-state index in [-0.39, 0.29) is 17.8 Å². The second kappa shape index (κ2) is 10.4. The van der Waals surface area contributed by atoms with Gasteiger partial charge in [0.05, 0.1) is 18.6 Å². The molecular weight excluding hydrogens is 422 g/mol. The lowest BCUT2D eigenvalue weighted by atomic mass is 9.75. The van der Waals surface area contributed by atoms with Gasteiger partial charge < -0.3 is 9.15 Å². The molecule has 2 heterocycles. The molecule has 3 aromatic rings. The third kappa shape index (κ3) is 5.44. The van der Waals surface area contributed by atoms with Crippen LogP contribution in [0.25, 0.3) is 11.6 Å². The van der Waals surface area contributed by atoms with Gasteiger partial charge >= 0.3 is 5.97 Å². The number of aromatic nitrogens is 3. The summed E-state index contributed by atoms with van der Waals surface area (Å²) in [6, 6.07) is 13.8. The van der Waals surface area contributed by atoms with Gasteiger partial charge in [0.15, 0.2) is 10.9 Å². The van der Waals surface area contributed by atoms with Gasteiger partial charge in [-0.05, 0) is 48.3 Å². The molecule has 32 heavy (non-hydrogen) atoms. The molecule has 0 unspecified atom stereocenters. The zero-order chi connectivity index (χ0) is 22.5. The van der Waals surface area contributed by atoms with E-state index in [4.69, 9.17) is 9.15 Å². The first kappa shape index (κ1) is 22.6. The Morgan fingerprint density at radius 3 is 2.72 bits per heavy atom. The largest absolute Gasteiger partial charge is 0.461 e. The number of benzene rings is 1. The highest BCUT2D eigenvalue weighted by Gasteiger charge is 2.33. The Morgan fingerprint density at radius 1 is 1.19 bits per heavy atom. The minimum atomic E-state index is -0.187. The molecule has 1 aliphatic carbocycles. The van der Waals surface area contributed by atoms with Crippen molar-refractivity contribution in [1.82, 2.24) is 14.8 Å². The summed E-state index contributed by atoms with van der Waals surface area (Å²) in [5, 5.41) is 9.37. The van der Waals surface area contributed by atoms with E-state index in [1.54, 1.807) is 6.26 Å². The minimum absolute atomic E-state index is 0.00715. The van der Waals surface area contributed by atoms with E-state index in [1.165, 1.54) is 18.2 Å². The normalized spacial score (nSPS) is 21.1.